The zero-order chi connectivity index (χ0) is 20.1. The van der Waals surface area contributed by atoms with Gasteiger partial charge in [-0.25, -0.2) is 14.0 Å². The van der Waals surface area contributed by atoms with Gasteiger partial charge in [-0.3, -0.25) is 9.69 Å². The highest BCUT2D eigenvalue weighted by atomic mass is 19.1. The number of carbonyl (C=O) groups excluding carboxylic acids is 2. The summed E-state index contributed by atoms with van der Waals surface area (Å²) in [6.07, 6.45) is -1.21. The van der Waals surface area contributed by atoms with Gasteiger partial charge in [-0.2, -0.15) is 0 Å². The molecule has 0 spiro atoms. The Bertz CT molecular complexity index is 883. The maximum Gasteiger partial charge on any atom is 0.410 e. The average molecular weight is 387 g/mol. The van der Waals surface area contributed by atoms with Gasteiger partial charge in [0, 0.05) is 17.5 Å². The Morgan fingerprint density at radius 2 is 1.89 bits per heavy atom. The second-order valence-electron chi connectivity index (χ2n) is 6.23. The molecule has 0 aliphatic carbocycles. The van der Waals surface area contributed by atoms with Crippen molar-refractivity contribution in [2.24, 2.45) is 0 Å². The molecule has 1 atom stereocenters. The van der Waals surface area contributed by atoms with Crippen LogP contribution in [0.5, 0.6) is 5.75 Å². The van der Waals surface area contributed by atoms with Crippen LogP contribution in [-0.2, 0) is 16.1 Å². The number of nitrogens with zero attached hydrogens (tertiary/aromatic N) is 1. The summed E-state index contributed by atoms with van der Waals surface area (Å²) in [5, 5.41) is 9.04. The van der Waals surface area contributed by atoms with E-state index in [2.05, 4.69) is 0 Å². The molecule has 1 amide bonds. The monoisotopic (exact) mass is 387 g/mol. The summed E-state index contributed by atoms with van der Waals surface area (Å²) in [5.74, 6) is -0.746. The van der Waals surface area contributed by atoms with E-state index in [1.165, 1.54) is 6.07 Å². The van der Waals surface area contributed by atoms with Crippen molar-refractivity contribution in [2.75, 3.05) is 6.73 Å². The van der Waals surface area contributed by atoms with Gasteiger partial charge in [-0.15, -0.1) is 0 Å². The van der Waals surface area contributed by atoms with Crippen molar-refractivity contribution < 1.29 is 33.4 Å². The number of halogens is 1. The smallest absolute Gasteiger partial charge is 0.410 e. The molecule has 146 valence electrons. The van der Waals surface area contributed by atoms with Crippen LogP contribution < -0.4 is 4.74 Å². The normalized spacial score (nSPS) is 16.0. The summed E-state index contributed by atoms with van der Waals surface area (Å²) >= 11 is 0. The molecule has 28 heavy (non-hydrogen) atoms. The van der Waals surface area contributed by atoms with Crippen LogP contribution in [0.3, 0.4) is 0 Å². The van der Waals surface area contributed by atoms with Crippen molar-refractivity contribution in [3.05, 3.63) is 65.5 Å². The molecule has 2 aromatic rings. The lowest BCUT2D eigenvalue weighted by Gasteiger charge is -2.15. The first-order chi connectivity index (χ1) is 13.5. The fraction of sp³-hybridized carbons (Fsp3) is 0.250. The number of esters is 1. The lowest BCUT2D eigenvalue weighted by atomic mass is 10.0. The summed E-state index contributed by atoms with van der Waals surface area (Å²) in [7, 11) is 0. The van der Waals surface area contributed by atoms with E-state index >= 15 is 0 Å². The molecule has 3 rings (SSSR count). The third kappa shape index (κ3) is 4.46. The van der Waals surface area contributed by atoms with E-state index in [4.69, 9.17) is 14.6 Å². The van der Waals surface area contributed by atoms with E-state index in [0.717, 1.165) is 4.90 Å². The molecular weight excluding hydrogens is 369 g/mol. The summed E-state index contributed by atoms with van der Waals surface area (Å²) < 4.78 is 23.8. The standard InChI is InChI=1S/C20H18FNO6/c21-16-4-2-1-3-14(16)11-27-15-7-5-13(6-8-15)18(23)10-9-17-19(24)28-12-22(17)20(25)26/h1-8,17H,9-12H2,(H,25,26). The van der Waals surface area contributed by atoms with E-state index in [9.17, 15) is 18.8 Å². The van der Waals surface area contributed by atoms with Gasteiger partial charge in [0.1, 0.15) is 24.2 Å². The van der Waals surface area contributed by atoms with E-state index in [1.807, 2.05) is 0 Å². The molecule has 7 nitrogen and oxygen atoms in total. The van der Waals surface area contributed by atoms with E-state index in [1.54, 1.807) is 42.5 Å². The number of carbonyl (C=O) groups is 3. The Hall–Kier alpha value is -3.42. The minimum absolute atomic E-state index is 0.00101. The Balaban J connectivity index is 1.54. The van der Waals surface area contributed by atoms with Gasteiger partial charge in [0.2, 0.25) is 0 Å². The summed E-state index contributed by atoms with van der Waals surface area (Å²) in [5.41, 5.74) is 0.834. The average Bonchev–Trinajstić information content (AvgIpc) is 3.06. The highest BCUT2D eigenvalue weighted by molar-refractivity contribution is 5.96. The lowest BCUT2D eigenvalue weighted by Crippen LogP contribution is -2.37. The van der Waals surface area contributed by atoms with Crippen molar-refractivity contribution in [1.82, 2.24) is 4.90 Å². The van der Waals surface area contributed by atoms with Gasteiger partial charge in [0.25, 0.3) is 0 Å². The molecule has 0 radical (unpaired) electrons. The van der Waals surface area contributed by atoms with Crippen molar-refractivity contribution in [1.29, 1.82) is 0 Å². The number of rotatable bonds is 7. The molecule has 1 aliphatic heterocycles. The highest BCUT2D eigenvalue weighted by Crippen LogP contribution is 2.20. The van der Waals surface area contributed by atoms with Gasteiger partial charge < -0.3 is 14.6 Å². The molecule has 0 bridgehead atoms. The molecule has 1 aliphatic rings. The van der Waals surface area contributed by atoms with E-state index in [0.29, 0.717) is 16.9 Å². The van der Waals surface area contributed by atoms with Crippen LogP contribution in [0.25, 0.3) is 0 Å². The Morgan fingerprint density at radius 1 is 1.18 bits per heavy atom. The van der Waals surface area contributed by atoms with Crippen LogP contribution in [0.15, 0.2) is 48.5 Å². The lowest BCUT2D eigenvalue weighted by molar-refractivity contribution is -0.139. The quantitative estimate of drug-likeness (QED) is 0.579. The first kappa shape index (κ1) is 19.3. The molecule has 1 unspecified atom stereocenters. The number of benzene rings is 2. The van der Waals surface area contributed by atoms with Crippen LogP contribution in [0, 0.1) is 5.82 Å². The number of ketones is 1. The molecule has 1 heterocycles. The number of amides is 1. The van der Waals surface area contributed by atoms with Gasteiger partial charge in [-0.05, 0) is 36.8 Å². The van der Waals surface area contributed by atoms with Crippen LogP contribution in [0.2, 0.25) is 0 Å². The maximum absolute atomic E-state index is 13.6. The molecule has 8 heteroatoms. The Morgan fingerprint density at radius 3 is 2.57 bits per heavy atom. The summed E-state index contributed by atoms with van der Waals surface area (Å²) in [6.45, 7) is -0.254. The molecule has 1 saturated heterocycles. The van der Waals surface area contributed by atoms with Gasteiger partial charge in [0.05, 0.1) is 0 Å². The van der Waals surface area contributed by atoms with Crippen molar-refractivity contribution >= 4 is 17.8 Å². The van der Waals surface area contributed by atoms with Crippen LogP contribution >= 0.6 is 0 Å². The topological polar surface area (TPSA) is 93.1 Å². The number of carboxylic acid groups (broad SMARTS) is 1. The number of cyclic esters (lactones) is 1. The number of hydrogen-bond acceptors (Lipinski definition) is 5. The number of ether oxygens (including phenoxy) is 2. The van der Waals surface area contributed by atoms with Crippen molar-refractivity contribution in [3.63, 3.8) is 0 Å². The van der Waals surface area contributed by atoms with E-state index in [-0.39, 0.29) is 37.8 Å². The minimum Gasteiger partial charge on any atom is -0.489 e. The van der Waals surface area contributed by atoms with Gasteiger partial charge in [0.15, 0.2) is 12.5 Å². The zero-order valence-electron chi connectivity index (χ0n) is 14.8. The van der Waals surface area contributed by atoms with Crippen molar-refractivity contribution in [2.45, 2.75) is 25.5 Å². The predicted octanol–water partition coefficient (Wildman–Crippen LogP) is 3.23. The summed E-state index contributed by atoms with van der Waals surface area (Å²) in [4.78, 5) is 35.9. The highest BCUT2D eigenvalue weighted by Gasteiger charge is 2.37. The molecule has 0 saturated carbocycles. The van der Waals surface area contributed by atoms with Crippen LogP contribution in [-0.4, -0.2) is 40.6 Å². The minimum atomic E-state index is -1.26. The largest absolute Gasteiger partial charge is 0.489 e. The summed E-state index contributed by atoms with van der Waals surface area (Å²) in [6, 6.07) is 11.7. The molecule has 1 N–H and O–H groups in total. The van der Waals surface area contributed by atoms with Crippen molar-refractivity contribution in [3.8, 4) is 5.75 Å². The fourth-order valence-electron chi connectivity index (χ4n) is 2.83. The molecular formula is C20H18FNO6. The maximum atomic E-state index is 13.6. The molecule has 0 aromatic heterocycles. The van der Waals surface area contributed by atoms with Gasteiger partial charge in [-0.1, -0.05) is 18.2 Å². The molecule has 1 fully saturated rings. The SMILES string of the molecule is O=C(CCC1C(=O)OCN1C(=O)O)c1ccc(OCc2ccccc2F)cc1. The Kier molecular flexibility index (Phi) is 5.88. The van der Waals surface area contributed by atoms with E-state index < -0.39 is 18.1 Å². The Labute approximate surface area is 160 Å². The van der Waals surface area contributed by atoms with Gasteiger partial charge >= 0.3 is 12.1 Å². The fourth-order valence-corrected chi connectivity index (χ4v) is 2.83. The second-order valence-corrected chi connectivity index (χ2v) is 6.23. The first-order valence-corrected chi connectivity index (χ1v) is 8.61. The van der Waals surface area contributed by atoms with Crippen LogP contribution in [0.1, 0.15) is 28.8 Å². The zero-order valence-corrected chi connectivity index (χ0v) is 14.8. The third-order valence-electron chi connectivity index (χ3n) is 4.41. The molecule has 2 aromatic carbocycles. The third-order valence-corrected chi connectivity index (χ3v) is 4.41. The predicted molar refractivity (Wildman–Crippen MR) is 95.3 cm³/mol. The number of hydrogen-bond donors (Lipinski definition) is 1. The number of Topliss-reactive ketones (excluding diaryl/α,β-unsaturated/α-hetero) is 1. The first-order valence-electron chi connectivity index (χ1n) is 8.61. The van der Waals surface area contributed by atoms with Crippen LogP contribution in [0.4, 0.5) is 9.18 Å². The second kappa shape index (κ2) is 8.51.